The van der Waals surface area contributed by atoms with Gasteiger partial charge in [0.2, 0.25) is 0 Å². The average molecular weight is 290 g/mol. The van der Waals surface area contributed by atoms with Gasteiger partial charge in [-0.25, -0.2) is 0 Å². The van der Waals surface area contributed by atoms with Gasteiger partial charge < -0.3 is 4.74 Å². The van der Waals surface area contributed by atoms with E-state index in [4.69, 9.17) is 4.74 Å². The predicted molar refractivity (Wildman–Crippen MR) is 80.2 cm³/mol. The van der Waals surface area contributed by atoms with Crippen LogP contribution in [0.4, 0.5) is 0 Å². The van der Waals surface area contributed by atoms with Crippen molar-refractivity contribution in [3.05, 3.63) is 41.2 Å². The molecule has 1 aromatic heterocycles. The highest BCUT2D eigenvalue weighted by molar-refractivity contribution is 8.00. The molecule has 20 heavy (non-hydrogen) atoms. The Bertz CT molecular complexity index is 618. The lowest BCUT2D eigenvalue weighted by Gasteiger charge is -2.05. The van der Waals surface area contributed by atoms with Gasteiger partial charge in [-0.2, -0.15) is 5.10 Å². The number of ether oxygens (including phenoxy) is 1. The Morgan fingerprint density at radius 1 is 1.25 bits per heavy atom. The summed E-state index contributed by atoms with van der Waals surface area (Å²) in [6.07, 6.45) is 0. The Kier molecular flexibility index (Phi) is 4.49. The van der Waals surface area contributed by atoms with Crippen LogP contribution in [0.3, 0.4) is 0 Å². The van der Waals surface area contributed by atoms with Crippen molar-refractivity contribution in [1.82, 2.24) is 9.78 Å². The topological polar surface area (TPSA) is 44.1 Å². The van der Waals surface area contributed by atoms with Crippen molar-refractivity contribution in [3.63, 3.8) is 0 Å². The zero-order valence-corrected chi connectivity index (χ0v) is 13.0. The minimum absolute atomic E-state index is 0.255. The molecule has 0 saturated carbocycles. The van der Waals surface area contributed by atoms with E-state index in [1.807, 2.05) is 52.1 Å². The molecule has 0 unspecified atom stereocenters. The van der Waals surface area contributed by atoms with Crippen molar-refractivity contribution < 1.29 is 9.53 Å². The van der Waals surface area contributed by atoms with Crippen LogP contribution in [0.5, 0.6) is 5.75 Å². The van der Waals surface area contributed by atoms with Crippen LogP contribution < -0.4 is 4.74 Å². The van der Waals surface area contributed by atoms with E-state index in [9.17, 15) is 4.79 Å². The Morgan fingerprint density at radius 3 is 2.45 bits per heavy atom. The van der Waals surface area contributed by atoms with Crippen LogP contribution in [-0.4, -0.2) is 21.5 Å². The number of aryl methyl sites for hydroxylation is 3. The van der Waals surface area contributed by atoms with E-state index < -0.39 is 0 Å². The van der Waals surface area contributed by atoms with Crippen LogP contribution in [0.1, 0.15) is 17.0 Å². The number of benzene rings is 1. The van der Waals surface area contributed by atoms with Crippen molar-refractivity contribution in [1.29, 1.82) is 0 Å². The summed E-state index contributed by atoms with van der Waals surface area (Å²) in [5.41, 5.74) is 2.80. The van der Waals surface area contributed by atoms with Gasteiger partial charge in [-0.1, -0.05) is 17.7 Å². The second-order valence-corrected chi connectivity index (χ2v) is 5.75. The molecule has 0 aliphatic carbocycles. The van der Waals surface area contributed by atoms with Crippen molar-refractivity contribution in [2.45, 2.75) is 25.7 Å². The third-order valence-electron chi connectivity index (χ3n) is 3.04. The molecule has 106 valence electrons. The van der Waals surface area contributed by atoms with Crippen LogP contribution in [0.15, 0.2) is 29.2 Å². The minimum atomic E-state index is -0.255. The maximum Gasteiger partial charge on any atom is 0.321 e. The molecule has 0 bridgehead atoms. The van der Waals surface area contributed by atoms with E-state index in [2.05, 4.69) is 5.10 Å². The van der Waals surface area contributed by atoms with E-state index in [1.54, 1.807) is 4.68 Å². The number of aromatic nitrogens is 2. The van der Waals surface area contributed by atoms with Crippen molar-refractivity contribution in [2.24, 2.45) is 7.05 Å². The number of nitrogens with zero attached hydrogens (tertiary/aromatic N) is 2. The number of hydrogen-bond acceptors (Lipinski definition) is 4. The molecule has 0 fully saturated rings. The summed E-state index contributed by atoms with van der Waals surface area (Å²) in [6, 6.07) is 8.08. The smallest absolute Gasteiger partial charge is 0.321 e. The molecule has 5 heteroatoms. The zero-order valence-electron chi connectivity index (χ0n) is 12.1. The first-order chi connectivity index (χ1) is 9.47. The monoisotopic (exact) mass is 290 g/mol. The fourth-order valence-corrected chi connectivity index (χ4v) is 2.49. The standard InChI is InChI=1S/C15H18N2O2S/c1-10-5-7-13(8-6-10)20-9-14(18)19-15-11(2)16-17(4)12(15)3/h5-8H,9H2,1-4H3. The third kappa shape index (κ3) is 3.42. The van der Waals surface area contributed by atoms with Crippen molar-refractivity contribution in [3.8, 4) is 5.75 Å². The highest BCUT2D eigenvalue weighted by Gasteiger charge is 2.15. The first kappa shape index (κ1) is 14.7. The molecule has 0 aliphatic rings. The summed E-state index contributed by atoms with van der Waals surface area (Å²) in [7, 11) is 1.83. The van der Waals surface area contributed by atoms with Crippen LogP contribution in [-0.2, 0) is 11.8 Å². The number of rotatable bonds is 4. The fraction of sp³-hybridized carbons (Fsp3) is 0.333. The minimum Gasteiger partial charge on any atom is -0.422 e. The number of carbonyl (C=O) groups excluding carboxylic acids is 1. The third-order valence-corrected chi connectivity index (χ3v) is 4.02. The molecule has 0 atom stereocenters. The molecule has 1 heterocycles. The number of thioether (sulfide) groups is 1. The van der Waals surface area contributed by atoms with Crippen molar-refractivity contribution >= 4 is 17.7 Å². The normalized spacial score (nSPS) is 10.6. The second kappa shape index (κ2) is 6.13. The van der Waals surface area contributed by atoms with E-state index in [1.165, 1.54) is 17.3 Å². The van der Waals surface area contributed by atoms with Gasteiger partial charge in [-0.05, 0) is 32.9 Å². The van der Waals surface area contributed by atoms with Gasteiger partial charge in [0.25, 0.3) is 0 Å². The van der Waals surface area contributed by atoms with E-state index >= 15 is 0 Å². The zero-order chi connectivity index (χ0) is 14.7. The fourth-order valence-electron chi connectivity index (χ4n) is 1.82. The largest absolute Gasteiger partial charge is 0.422 e. The SMILES string of the molecule is Cc1ccc(SCC(=O)Oc2c(C)nn(C)c2C)cc1. The molecular formula is C15H18N2O2S. The molecular weight excluding hydrogens is 272 g/mol. The van der Waals surface area contributed by atoms with Crippen LogP contribution in [0.25, 0.3) is 0 Å². The van der Waals surface area contributed by atoms with Gasteiger partial charge in [-0.3, -0.25) is 9.48 Å². The summed E-state index contributed by atoms with van der Waals surface area (Å²) in [5.74, 6) is 0.605. The predicted octanol–water partition coefficient (Wildman–Crippen LogP) is 3.04. The van der Waals surface area contributed by atoms with Crippen LogP contribution in [0, 0.1) is 20.8 Å². The molecule has 0 spiro atoms. The Morgan fingerprint density at radius 2 is 1.90 bits per heavy atom. The van der Waals surface area contributed by atoms with Gasteiger partial charge in [0.15, 0.2) is 5.75 Å². The highest BCUT2D eigenvalue weighted by atomic mass is 32.2. The Balaban J connectivity index is 1.94. The maximum atomic E-state index is 11.9. The lowest BCUT2D eigenvalue weighted by atomic mass is 10.2. The number of esters is 1. The lowest BCUT2D eigenvalue weighted by Crippen LogP contribution is -2.11. The van der Waals surface area contributed by atoms with Gasteiger partial charge in [0.1, 0.15) is 5.69 Å². The van der Waals surface area contributed by atoms with Gasteiger partial charge >= 0.3 is 5.97 Å². The van der Waals surface area contributed by atoms with Crippen LogP contribution in [0.2, 0.25) is 0 Å². The van der Waals surface area contributed by atoms with E-state index in [0.29, 0.717) is 5.75 Å². The number of hydrogen-bond donors (Lipinski definition) is 0. The quantitative estimate of drug-likeness (QED) is 0.641. The summed E-state index contributed by atoms with van der Waals surface area (Å²) in [4.78, 5) is 12.9. The molecule has 0 N–H and O–H groups in total. The highest BCUT2D eigenvalue weighted by Crippen LogP contribution is 2.23. The molecule has 1 aromatic carbocycles. The number of carbonyl (C=O) groups is 1. The Labute approximate surface area is 123 Å². The summed E-state index contributed by atoms with van der Waals surface area (Å²) >= 11 is 1.47. The molecule has 0 radical (unpaired) electrons. The van der Waals surface area contributed by atoms with E-state index in [-0.39, 0.29) is 11.7 Å². The molecule has 2 aromatic rings. The molecule has 0 saturated heterocycles. The molecule has 0 aliphatic heterocycles. The van der Waals surface area contributed by atoms with Gasteiger partial charge in [0, 0.05) is 11.9 Å². The van der Waals surface area contributed by atoms with E-state index in [0.717, 1.165) is 16.3 Å². The summed E-state index contributed by atoms with van der Waals surface area (Å²) in [6.45, 7) is 5.76. The lowest BCUT2D eigenvalue weighted by molar-refractivity contribution is -0.131. The molecule has 4 nitrogen and oxygen atoms in total. The Hall–Kier alpha value is -1.75. The summed E-state index contributed by atoms with van der Waals surface area (Å²) < 4.78 is 7.11. The molecule has 0 amide bonds. The first-order valence-electron chi connectivity index (χ1n) is 6.37. The summed E-state index contributed by atoms with van der Waals surface area (Å²) in [5, 5.41) is 4.22. The average Bonchev–Trinajstić information content (AvgIpc) is 2.65. The maximum absolute atomic E-state index is 11.9. The van der Waals surface area contributed by atoms with Gasteiger partial charge in [-0.15, -0.1) is 11.8 Å². The van der Waals surface area contributed by atoms with Gasteiger partial charge in [0.05, 0.1) is 11.4 Å². The second-order valence-electron chi connectivity index (χ2n) is 4.70. The molecule has 2 rings (SSSR count). The first-order valence-corrected chi connectivity index (χ1v) is 7.36. The van der Waals surface area contributed by atoms with Crippen molar-refractivity contribution in [2.75, 3.05) is 5.75 Å². The van der Waals surface area contributed by atoms with Crippen LogP contribution >= 0.6 is 11.8 Å².